The SMILES string of the molecule is CCC(C)c1ccc(OC(C)OCCOc2cccc3cc(OC)ccc23)cc1. The quantitative estimate of drug-likeness (QED) is 0.304. The Hall–Kier alpha value is -2.72. The summed E-state index contributed by atoms with van der Waals surface area (Å²) in [6.07, 6.45) is 0.786. The monoisotopic (exact) mass is 394 g/mol. The lowest BCUT2D eigenvalue weighted by Gasteiger charge is -2.17. The van der Waals surface area contributed by atoms with Gasteiger partial charge in [-0.05, 0) is 66.6 Å². The van der Waals surface area contributed by atoms with Crippen molar-refractivity contribution in [2.24, 2.45) is 0 Å². The zero-order chi connectivity index (χ0) is 20.6. The minimum absolute atomic E-state index is 0.343. The summed E-state index contributed by atoms with van der Waals surface area (Å²) in [5.41, 5.74) is 1.33. The average molecular weight is 395 g/mol. The maximum atomic E-state index is 5.93. The van der Waals surface area contributed by atoms with Gasteiger partial charge in [0.2, 0.25) is 0 Å². The van der Waals surface area contributed by atoms with Crippen molar-refractivity contribution in [3.63, 3.8) is 0 Å². The highest BCUT2D eigenvalue weighted by Crippen LogP contribution is 2.28. The van der Waals surface area contributed by atoms with Crippen LogP contribution >= 0.6 is 0 Å². The smallest absolute Gasteiger partial charge is 0.197 e. The summed E-state index contributed by atoms with van der Waals surface area (Å²) in [6, 6.07) is 20.2. The van der Waals surface area contributed by atoms with E-state index >= 15 is 0 Å². The summed E-state index contributed by atoms with van der Waals surface area (Å²) in [6.45, 7) is 7.22. The molecule has 3 rings (SSSR count). The van der Waals surface area contributed by atoms with Gasteiger partial charge in [0.25, 0.3) is 0 Å². The van der Waals surface area contributed by atoms with Gasteiger partial charge in [0.05, 0.1) is 13.7 Å². The Morgan fingerprint density at radius 3 is 2.34 bits per heavy atom. The molecule has 0 saturated carbocycles. The van der Waals surface area contributed by atoms with E-state index in [0.717, 1.165) is 34.4 Å². The van der Waals surface area contributed by atoms with Crippen molar-refractivity contribution in [2.45, 2.75) is 39.4 Å². The molecule has 0 amide bonds. The van der Waals surface area contributed by atoms with Gasteiger partial charge in [-0.15, -0.1) is 0 Å². The van der Waals surface area contributed by atoms with E-state index in [1.807, 2.05) is 55.5 Å². The van der Waals surface area contributed by atoms with Crippen LogP contribution in [0.25, 0.3) is 10.8 Å². The number of hydrogen-bond donors (Lipinski definition) is 0. The van der Waals surface area contributed by atoms with E-state index in [1.54, 1.807) is 7.11 Å². The Morgan fingerprint density at radius 1 is 0.862 bits per heavy atom. The van der Waals surface area contributed by atoms with Gasteiger partial charge >= 0.3 is 0 Å². The third-order valence-corrected chi connectivity index (χ3v) is 5.10. The molecule has 0 bridgehead atoms. The summed E-state index contributed by atoms with van der Waals surface area (Å²) in [4.78, 5) is 0. The maximum Gasteiger partial charge on any atom is 0.197 e. The number of benzene rings is 3. The van der Waals surface area contributed by atoms with Crippen molar-refractivity contribution in [1.29, 1.82) is 0 Å². The van der Waals surface area contributed by atoms with Crippen LogP contribution < -0.4 is 14.2 Å². The van der Waals surface area contributed by atoms with Crippen molar-refractivity contribution in [3.05, 3.63) is 66.2 Å². The molecule has 4 nitrogen and oxygen atoms in total. The second-order valence-corrected chi connectivity index (χ2v) is 7.13. The molecule has 154 valence electrons. The van der Waals surface area contributed by atoms with Gasteiger partial charge in [0.15, 0.2) is 6.29 Å². The second kappa shape index (κ2) is 10.2. The summed E-state index contributed by atoms with van der Waals surface area (Å²) < 4.78 is 22.8. The molecular weight excluding hydrogens is 364 g/mol. The number of fused-ring (bicyclic) bond motifs is 1. The normalized spacial score (nSPS) is 13.1. The molecule has 29 heavy (non-hydrogen) atoms. The first-order chi connectivity index (χ1) is 14.1. The molecule has 0 radical (unpaired) electrons. The molecule has 3 aromatic carbocycles. The van der Waals surface area contributed by atoms with Crippen LogP contribution in [0.15, 0.2) is 60.7 Å². The maximum absolute atomic E-state index is 5.93. The standard InChI is InChI=1S/C25H30O4/c1-5-18(2)20-9-11-22(12-10-20)29-19(3)27-15-16-28-25-8-6-7-21-17-23(26-4)13-14-24(21)25/h6-14,17-19H,5,15-16H2,1-4H3. The zero-order valence-corrected chi connectivity index (χ0v) is 17.7. The fraction of sp³-hybridized carbons (Fsp3) is 0.360. The first-order valence-corrected chi connectivity index (χ1v) is 10.2. The molecule has 0 heterocycles. The van der Waals surface area contributed by atoms with Gasteiger partial charge < -0.3 is 18.9 Å². The predicted molar refractivity (Wildman–Crippen MR) is 117 cm³/mol. The summed E-state index contributed by atoms with van der Waals surface area (Å²) in [7, 11) is 1.67. The van der Waals surface area contributed by atoms with Crippen molar-refractivity contribution >= 4 is 10.8 Å². The molecule has 4 heteroatoms. The summed E-state index contributed by atoms with van der Waals surface area (Å²) >= 11 is 0. The van der Waals surface area contributed by atoms with Crippen molar-refractivity contribution < 1.29 is 18.9 Å². The fourth-order valence-corrected chi connectivity index (χ4v) is 3.19. The Kier molecular flexibility index (Phi) is 7.36. The minimum Gasteiger partial charge on any atom is -0.497 e. The molecule has 0 aliphatic heterocycles. The Bertz CT molecular complexity index is 904. The van der Waals surface area contributed by atoms with Crippen LogP contribution in [0.3, 0.4) is 0 Å². The van der Waals surface area contributed by atoms with Crippen LogP contribution in [0.5, 0.6) is 17.2 Å². The molecule has 0 N–H and O–H groups in total. The van der Waals surface area contributed by atoms with E-state index in [0.29, 0.717) is 19.1 Å². The second-order valence-electron chi connectivity index (χ2n) is 7.13. The molecule has 2 atom stereocenters. The van der Waals surface area contributed by atoms with E-state index in [9.17, 15) is 0 Å². The largest absolute Gasteiger partial charge is 0.497 e. The molecule has 0 aromatic heterocycles. The van der Waals surface area contributed by atoms with Gasteiger partial charge in [0, 0.05) is 5.39 Å². The molecule has 2 unspecified atom stereocenters. The lowest BCUT2D eigenvalue weighted by Crippen LogP contribution is -2.19. The highest BCUT2D eigenvalue weighted by Gasteiger charge is 2.08. The van der Waals surface area contributed by atoms with E-state index in [4.69, 9.17) is 18.9 Å². The van der Waals surface area contributed by atoms with Crippen LogP contribution in [0.4, 0.5) is 0 Å². The first kappa shape index (κ1) is 21.0. The predicted octanol–water partition coefficient (Wildman–Crippen LogP) is 6.18. The lowest BCUT2D eigenvalue weighted by atomic mass is 9.99. The number of ether oxygens (including phenoxy) is 4. The number of hydrogen-bond acceptors (Lipinski definition) is 4. The van der Waals surface area contributed by atoms with Crippen LogP contribution in [0, 0.1) is 0 Å². The molecule has 3 aromatic rings. The number of methoxy groups -OCH3 is 1. The Labute approximate surface area is 173 Å². The Morgan fingerprint density at radius 2 is 1.62 bits per heavy atom. The highest BCUT2D eigenvalue weighted by molar-refractivity contribution is 5.89. The van der Waals surface area contributed by atoms with Crippen molar-refractivity contribution in [1.82, 2.24) is 0 Å². The van der Waals surface area contributed by atoms with Gasteiger partial charge in [-0.2, -0.15) is 0 Å². The molecular formula is C25H30O4. The number of rotatable bonds is 10. The van der Waals surface area contributed by atoms with E-state index in [2.05, 4.69) is 26.0 Å². The average Bonchev–Trinajstić information content (AvgIpc) is 2.76. The van der Waals surface area contributed by atoms with Gasteiger partial charge in [-0.3, -0.25) is 0 Å². The van der Waals surface area contributed by atoms with Crippen LogP contribution in [0.2, 0.25) is 0 Å². The lowest BCUT2D eigenvalue weighted by molar-refractivity contribution is -0.0738. The van der Waals surface area contributed by atoms with Gasteiger partial charge in [-0.1, -0.05) is 38.1 Å². The highest BCUT2D eigenvalue weighted by atomic mass is 16.7. The molecule has 0 aliphatic rings. The first-order valence-electron chi connectivity index (χ1n) is 10.2. The molecule has 0 fully saturated rings. The van der Waals surface area contributed by atoms with Crippen LogP contribution in [0.1, 0.15) is 38.7 Å². The summed E-state index contributed by atoms with van der Waals surface area (Å²) in [5.74, 6) is 3.04. The van der Waals surface area contributed by atoms with Crippen molar-refractivity contribution in [3.8, 4) is 17.2 Å². The topological polar surface area (TPSA) is 36.9 Å². The molecule has 0 saturated heterocycles. The van der Waals surface area contributed by atoms with Gasteiger partial charge in [-0.25, -0.2) is 0 Å². The molecule has 0 spiro atoms. The van der Waals surface area contributed by atoms with Crippen LogP contribution in [-0.4, -0.2) is 26.6 Å². The van der Waals surface area contributed by atoms with E-state index in [1.165, 1.54) is 5.56 Å². The minimum atomic E-state index is -0.343. The third-order valence-electron chi connectivity index (χ3n) is 5.10. The third kappa shape index (κ3) is 5.64. The zero-order valence-electron chi connectivity index (χ0n) is 17.7. The fourth-order valence-electron chi connectivity index (χ4n) is 3.19. The van der Waals surface area contributed by atoms with E-state index < -0.39 is 0 Å². The molecule has 0 aliphatic carbocycles. The van der Waals surface area contributed by atoms with Crippen LogP contribution in [-0.2, 0) is 4.74 Å². The van der Waals surface area contributed by atoms with Gasteiger partial charge in [0.1, 0.15) is 23.9 Å². The Balaban J connectivity index is 1.47. The summed E-state index contributed by atoms with van der Waals surface area (Å²) in [5, 5.41) is 2.14. The van der Waals surface area contributed by atoms with Crippen molar-refractivity contribution in [2.75, 3.05) is 20.3 Å². The van der Waals surface area contributed by atoms with E-state index in [-0.39, 0.29) is 6.29 Å².